The van der Waals surface area contributed by atoms with Gasteiger partial charge < -0.3 is 15.0 Å². The fourth-order valence-electron chi connectivity index (χ4n) is 1.87. The zero-order valence-electron chi connectivity index (χ0n) is 13.8. The molecule has 23 heavy (non-hydrogen) atoms. The van der Waals surface area contributed by atoms with E-state index in [1.54, 1.807) is 7.05 Å². The van der Waals surface area contributed by atoms with Gasteiger partial charge in [0.05, 0.1) is 19.0 Å². The summed E-state index contributed by atoms with van der Waals surface area (Å²) in [6.07, 6.45) is 1.20. The third kappa shape index (κ3) is 8.78. The number of guanidine groups is 1. The van der Waals surface area contributed by atoms with E-state index in [0.717, 1.165) is 11.5 Å². The van der Waals surface area contributed by atoms with Crippen LogP contribution in [0.4, 0.5) is 0 Å². The third-order valence-corrected chi connectivity index (χ3v) is 4.19. The Morgan fingerprint density at radius 1 is 1.30 bits per heavy atom. The van der Waals surface area contributed by atoms with Gasteiger partial charge in [-0.25, -0.2) is 8.42 Å². The number of nitrogens with one attached hydrogen (secondary N) is 1. The molecule has 0 heterocycles. The molecule has 0 aliphatic heterocycles. The molecule has 0 aliphatic rings. The van der Waals surface area contributed by atoms with Crippen LogP contribution in [0.2, 0.25) is 5.02 Å². The maximum atomic E-state index is 11.0. The van der Waals surface area contributed by atoms with E-state index in [2.05, 4.69) is 10.3 Å². The Morgan fingerprint density at radius 3 is 2.52 bits per heavy atom. The van der Waals surface area contributed by atoms with E-state index in [4.69, 9.17) is 16.3 Å². The van der Waals surface area contributed by atoms with Crippen molar-refractivity contribution in [3.63, 3.8) is 0 Å². The molecule has 1 N–H and O–H groups in total. The molecule has 0 unspecified atom stereocenters. The second kappa shape index (κ2) is 9.75. The highest BCUT2D eigenvalue weighted by molar-refractivity contribution is 7.90. The average Bonchev–Trinajstić information content (AvgIpc) is 2.47. The van der Waals surface area contributed by atoms with Gasteiger partial charge in [0, 0.05) is 38.5 Å². The monoisotopic (exact) mass is 361 g/mol. The Morgan fingerprint density at radius 2 is 1.96 bits per heavy atom. The SMILES string of the molecule is CN=C(NCCOCCS(C)(=O)=O)N(C)Cc1ccc(Cl)cc1. The quantitative estimate of drug-likeness (QED) is 0.430. The van der Waals surface area contributed by atoms with E-state index < -0.39 is 9.84 Å². The van der Waals surface area contributed by atoms with E-state index in [9.17, 15) is 8.42 Å². The lowest BCUT2D eigenvalue weighted by Gasteiger charge is -2.22. The van der Waals surface area contributed by atoms with Gasteiger partial charge in [0.25, 0.3) is 0 Å². The number of hydrogen-bond donors (Lipinski definition) is 1. The number of nitrogens with zero attached hydrogens (tertiary/aromatic N) is 2. The topological polar surface area (TPSA) is 71.0 Å². The third-order valence-electron chi connectivity index (χ3n) is 3.03. The van der Waals surface area contributed by atoms with Crippen molar-refractivity contribution in [3.8, 4) is 0 Å². The summed E-state index contributed by atoms with van der Waals surface area (Å²) in [6, 6.07) is 7.66. The molecule has 1 rings (SSSR count). The van der Waals surface area contributed by atoms with E-state index in [0.29, 0.717) is 24.7 Å². The van der Waals surface area contributed by atoms with Crippen LogP contribution in [0.15, 0.2) is 29.3 Å². The summed E-state index contributed by atoms with van der Waals surface area (Å²) in [5, 5.41) is 3.89. The molecule has 8 heteroatoms. The molecule has 0 bridgehead atoms. The molecule has 1 aromatic rings. The molecular formula is C15H24ClN3O3S. The zero-order chi connectivity index (χ0) is 17.3. The maximum absolute atomic E-state index is 11.0. The van der Waals surface area contributed by atoms with Crippen molar-refractivity contribution in [1.82, 2.24) is 10.2 Å². The van der Waals surface area contributed by atoms with Crippen molar-refractivity contribution < 1.29 is 13.2 Å². The summed E-state index contributed by atoms with van der Waals surface area (Å²) in [5.41, 5.74) is 1.13. The zero-order valence-corrected chi connectivity index (χ0v) is 15.3. The van der Waals surface area contributed by atoms with Crippen LogP contribution in [-0.2, 0) is 21.1 Å². The fraction of sp³-hybridized carbons (Fsp3) is 0.533. The first-order valence-corrected chi connectivity index (χ1v) is 9.67. The van der Waals surface area contributed by atoms with Crippen LogP contribution in [0, 0.1) is 0 Å². The first-order valence-electron chi connectivity index (χ1n) is 7.23. The van der Waals surface area contributed by atoms with Gasteiger partial charge in [0.2, 0.25) is 0 Å². The molecule has 0 amide bonds. The summed E-state index contributed by atoms with van der Waals surface area (Å²) in [4.78, 5) is 6.20. The van der Waals surface area contributed by atoms with E-state index in [-0.39, 0.29) is 12.4 Å². The Balaban J connectivity index is 2.31. The molecule has 1 aromatic carbocycles. The lowest BCUT2D eigenvalue weighted by Crippen LogP contribution is -2.40. The lowest BCUT2D eigenvalue weighted by molar-refractivity contribution is 0.153. The van der Waals surface area contributed by atoms with Crippen LogP contribution >= 0.6 is 11.6 Å². The first-order chi connectivity index (χ1) is 10.8. The van der Waals surface area contributed by atoms with Crippen molar-refractivity contribution in [2.75, 3.05) is 45.9 Å². The number of benzene rings is 1. The summed E-state index contributed by atoms with van der Waals surface area (Å²) < 4.78 is 27.2. The van der Waals surface area contributed by atoms with Gasteiger partial charge in [-0.05, 0) is 17.7 Å². The Hall–Kier alpha value is -1.31. The number of sulfone groups is 1. The second-order valence-electron chi connectivity index (χ2n) is 5.20. The van der Waals surface area contributed by atoms with E-state index in [1.807, 2.05) is 36.2 Å². The fourth-order valence-corrected chi connectivity index (χ4v) is 2.42. The van der Waals surface area contributed by atoms with Crippen LogP contribution < -0.4 is 5.32 Å². The van der Waals surface area contributed by atoms with Crippen molar-refractivity contribution in [3.05, 3.63) is 34.9 Å². The summed E-state index contributed by atoms with van der Waals surface area (Å²) >= 11 is 5.88. The van der Waals surface area contributed by atoms with E-state index >= 15 is 0 Å². The minimum atomic E-state index is -2.97. The predicted molar refractivity (Wildman–Crippen MR) is 94.8 cm³/mol. The smallest absolute Gasteiger partial charge is 0.193 e. The minimum Gasteiger partial charge on any atom is -0.379 e. The maximum Gasteiger partial charge on any atom is 0.193 e. The molecule has 0 aromatic heterocycles. The second-order valence-corrected chi connectivity index (χ2v) is 7.89. The predicted octanol–water partition coefficient (Wildman–Crippen LogP) is 1.41. The standard InChI is InChI=1S/C15H24ClN3O3S/c1-17-15(18-8-9-22-10-11-23(3,20)21)19(2)12-13-4-6-14(16)7-5-13/h4-7H,8-12H2,1-3H3,(H,17,18). The highest BCUT2D eigenvalue weighted by atomic mass is 35.5. The van der Waals surface area contributed by atoms with Crippen molar-refractivity contribution in [2.24, 2.45) is 4.99 Å². The van der Waals surface area contributed by atoms with Crippen molar-refractivity contribution >= 4 is 27.4 Å². The molecule has 0 spiro atoms. The highest BCUT2D eigenvalue weighted by Gasteiger charge is 2.06. The molecular weight excluding hydrogens is 338 g/mol. The Labute approximate surface area is 143 Å². The largest absolute Gasteiger partial charge is 0.379 e. The number of hydrogen-bond acceptors (Lipinski definition) is 4. The lowest BCUT2D eigenvalue weighted by atomic mass is 10.2. The normalized spacial score (nSPS) is 12.3. The molecule has 0 radical (unpaired) electrons. The average molecular weight is 362 g/mol. The van der Waals surface area contributed by atoms with Gasteiger partial charge in [-0.1, -0.05) is 23.7 Å². The minimum absolute atomic E-state index is 0.0399. The summed E-state index contributed by atoms with van der Waals surface area (Å²) in [5.74, 6) is 0.782. The number of ether oxygens (including phenoxy) is 1. The van der Waals surface area contributed by atoms with Crippen LogP contribution in [0.5, 0.6) is 0 Å². The molecule has 130 valence electrons. The van der Waals surface area contributed by atoms with Gasteiger partial charge >= 0.3 is 0 Å². The van der Waals surface area contributed by atoms with Crippen molar-refractivity contribution in [2.45, 2.75) is 6.54 Å². The van der Waals surface area contributed by atoms with Gasteiger partial charge in [-0.2, -0.15) is 0 Å². The molecule has 0 aliphatic carbocycles. The molecule has 0 saturated heterocycles. The number of halogens is 1. The molecule has 0 atom stereocenters. The van der Waals surface area contributed by atoms with Gasteiger partial charge in [0.15, 0.2) is 5.96 Å². The van der Waals surface area contributed by atoms with Crippen LogP contribution in [0.1, 0.15) is 5.56 Å². The summed E-state index contributed by atoms with van der Waals surface area (Å²) in [7, 11) is 0.682. The Bertz CT molecular complexity index is 603. The Kier molecular flexibility index (Phi) is 8.36. The highest BCUT2D eigenvalue weighted by Crippen LogP contribution is 2.10. The van der Waals surface area contributed by atoms with Crippen molar-refractivity contribution in [1.29, 1.82) is 0 Å². The number of rotatable bonds is 8. The molecule has 6 nitrogen and oxygen atoms in total. The van der Waals surface area contributed by atoms with Crippen LogP contribution in [0.25, 0.3) is 0 Å². The molecule has 0 fully saturated rings. The van der Waals surface area contributed by atoms with Crippen LogP contribution in [-0.4, -0.2) is 65.1 Å². The van der Waals surface area contributed by atoms with Crippen LogP contribution in [0.3, 0.4) is 0 Å². The molecule has 0 saturated carbocycles. The van der Waals surface area contributed by atoms with Gasteiger partial charge in [-0.3, -0.25) is 4.99 Å². The first kappa shape index (κ1) is 19.7. The number of aliphatic imine (C=N–C) groups is 1. The van der Waals surface area contributed by atoms with Gasteiger partial charge in [-0.15, -0.1) is 0 Å². The summed E-state index contributed by atoms with van der Waals surface area (Å²) in [6.45, 7) is 1.89. The van der Waals surface area contributed by atoms with Gasteiger partial charge in [0.1, 0.15) is 9.84 Å². The van der Waals surface area contributed by atoms with E-state index in [1.165, 1.54) is 6.26 Å².